The molecule has 3 atom stereocenters. The summed E-state index contributed by atoms with van der Waals surface area (Å²) in [4.78, 5) is 30.6. The topological polar surface area (TPSA) is 85.0 Å². The highest BCUT2D eigenvalue weighted by Gasteiger charge is 2.50. The van der Waals surface area contributed by atoms with Crippen molar-refractivity contribution in [1.82, 2.24) is 0 Å². The van der Waals surface area contributed by atoms with Crippen LogP contribution in [0.25, 0.3) is 0 Å². The van der Waals surface area contributed by atoms with Crippen molar-refractivity contribution >= 4 is 34.8 Å². The van der Waals surface area contributed by atoms with Gasteiger partial charge in [-0.1, -0.05) is 59.2 Å². The Morgan fingerprint density at radius 1 is 1.16 bits per heavy atom. The number of carbonyl (C=O) groups excluding carboxylic acids is 2. The maximum absolute atomic E-state index is 11.9. The molecule has 6 nitrogen and oxygen atoms in total. The lowest BCUT2D eigenvalue weighted by molar-refractivity contribution is -0.138. The van der Waals surface area contributed by atoms with Crippen LogP contribution in [0.2, 0.25) is 5.02 Å². The van der Waals surface area contributed by atoms with E-state index in [1.807, 2.05) is 39.8 Å². The minimum atomic E-state index is -0.471. The second-order valence-electron chi connectivity index (χ2n) is 9.76. The molecular weight excluding hydrogens is 498 g/mol. The Morgan fingerprint density at radius 3 is 2.34 bits per heavy atom. The molecule has 0 aliphatic heterocycles. The van der Waals surface area contributed by atoms with Gasteiger partial charge in [0.15, 0.2) is 5.78 Å². The highest BCUT2D eigenvalue weighted by Crippen LogP contribution is 2.54. The molecule has 2 aliphatic carbocycles. The third kappa shape index (κ3) is 9.44. The summed E-state index contributed by atoms with van der Waals surface area (Å²) in [5.74, 6) is 0.582. The van der Waals surface area contributed by atoms with E-state index < -0.39 is 5.97 Å². The van der Waals surface area contributed by atoms with Crippen LogP contribution in [0, 0.1) is 24.7 Å². The summed E-state index contributed by atoms with van der Waals surface area (Å²) in [7, 11) is 0. The Balaban J connectivity index is 0.000000375. The van der Waals surface area contributed by atoms with Gasteiger partial charge in [0.05, 0.1) is 13.2 Å². The highest BCUT2D eigenvalue weighted by molar-refractivity contribution is 6.31. The first kappa shape index (κ1) is 33.7. The van der Waals surface area contributed by atoms with Crippen LogP contribution in [0.5, 0.6) is 0 Å². The number of halogens is 1. The quantitative estimate of drug-likeness (QED) is 0.234. The van der Waals surface area contributed by atoms with E-state index in [1.54, 1.807) is 6.92 Å². The molecule has 2 saturated carbocycles. The molecule has 0 aromatic heterocycles. The number of nitrogens with zero attached hydrogens (tertiary/aromatic N) is 2. The van der Waals surface area contributed by atoms with Gasteiger partial charge in [0.1, 0.15) is 5.70 Å². The van der Waals surface area contributed by atoms with Gasteiger partial charge in [0, 0.05) is 41.0 Å². The number of benzene rings is 1. The number of hydrogen-bond acceptors (Lipinski definition) is 6. The van der Waals surface area contributed by atoms with Crippen LogP contribution >= 0.6 is 11.6 Å². The molecule has 38 heavy (non-hydrogen) atoms. The number of ether oxygens (including phenoxy) is 1. The molecule has 2 N–H and O–H groups in total. The predicted molar refractivity (Wildman–Crippen MR) is 161 cm³/mol. The Kier molecular flexibility index (Phi) is 15.3. The maximum Gasteiger partial charge on any atom is 0.354 e. The lowest BCUT2D eigenvalue weighted by Crippen LogP contribution is -2.25. The molecule has 7 heteroatoms. The van der Waals surface area contributed by atoms with Gasteiger partial charge in [-0.15, -0.1) is 0 Å². The number of nitrogens with two attached hydrogens (primary N) is 1. The molecule has 0 radical (unpaired) electrons. The largest absolute Gasteiger partial charge is 0.461 e. The lowest BCUT2D eigenvalue weighted by atomic mass is 10.0. The highest BCUT2D eigenvalue weighted by atomic mass is 35.5. The van der Waals surface area contributed by atoms with Gasteiger partial charge in [-0.3, -0.25) is 9.79 Å². The number of esters is 1. The number of Topliss-reactive ketones (excluding diaryl/α,β-unsaturated/α-hetero) is 1. The van der Waals surface area contributed by atoms with Crippen molar-refractivity contribution in [2.24, 2.45) is 28.5 Å². The SMILES string of the molecule is CC.CCCN(CCC)c1cccc(Cl)c1C.CCOC(=O)/C(N)=C1/C(=NCC(=O)C(C)CC)CC2CC12. The van der Waals surface area contributed by atoms with E-state index in [-0.39, 0.29) is 23.9 Å². The van der Waals surface area contributed by atoms with Crippen LogP contribution in [0.1, 0.15) is 86.1 Å². The van der Waals surface area contributed by atoms with Gasteiger partial charge in [-0.25, -0.2) is 4.79 Å². The zero-order valence-corrected chi connectivity index (χ0v) is 25.7. The first-order valence-electron chi connectivity index (χ1n) is 14.4. The summed E-state index contributed by atoms with van der Waals surface area (Å²) >= 11 is 6.13. The number of ketones is 1. The number of hydrogen-bond donors (Lipinski definition) is 1. The average molecular weight is 548 g/mol. The standard InChI is InChI=1S/C16H24N2O3.C13H20ClN.C2H6/c1-4-9(3)13(19)8-18-12-7-10-6-11(10)14(12)15(17)16(20)21-5-2;1-4-9-15(10-5-2)13-8-6-7-12(14)11(13)3;1-2/h9-11H,4-8,17H2,1-3H3;6-8H,4-5,9-10H2,1-3H3;1-2H3/b15-14-,18-12?;;. The van der Waals surface area contributed by atoms with E-state index in [4.69, 9.17) is 22.1 Å². The Labute approximate surface area is 236 Å². The predicted octanol–water partition coefficient (Wildman–Crippen LogP) is 7.16. The Hall–Kier alpha value is -2.34. The monoisotopic (exact) mass is 547 g/mol. The van der Waals surface area contributed by atoms with Crippen molar-refractivity contribution in [1.29, 1.82) is 0 Å². The minimum absolute atomic E-state index is 0.0279. The Morgan fingerprint density at radius 2 is 1.79 bits per heavy atom. The van der Waals surface area contributed by atoms with Gasteiger partial charge < -0.3 is 15.4 Å². The third-order valence-corrected chi connectivity index (χ3v) is 7.41. The van der Waals surface area contributed by atoms with Crippen molar-refractivity contribution in [2.75, 3.05) is 31.1 Å². The molecule has 3 unspecified atom stereocenters. The van der Waals surface area contributed by atoms with Gasteiger partial charge >= 0.3 is 5.97 Å². The molecule has 0 heterocycles. The zero-order valence-electron chi connectivity index (χ0n) is 24.9. The second-order valence-corrected chi connectivity index (χ2v) is 10.2. The van der Waals surface area contributed by atoms with E-state index >= 15 is 0 Å². The molecule has 1 aromatic rings. The van der Waals surface area contributed by atoms with Gasteiger partial charge in [-0.05, 0) is 75.5 Å². The molecule has 0 saturated heterocycles. The Bertz CT molecular complexity index is 967. The summed E-state index contributed by atoms with van der Waals surface area (Å²) in [6.45, 7) is 18.9. The molecule has 2 fully saturated rings. The summed E-state index contributed by atoms with van der Waals surface area (Å²) in [6.07, 6.45) is 5.06. The van der Waals surface area contributed by atoms with E-state index in [0.29, 0.717) is 18.4 Å². The van der Waals surface area contributed by atoms with Crippen molar-refractivity contribution in [3.63, 3.8) is 0 Å². The van der Waals surface area contributed by atoms with Crippen LogP contribution in [0.4, 0.5) is 5.69 Å². The van der Waals surface area contributed by atoms with Crippen LogP contribution < -0.4 is 10.6 Å². The molecule has 0 bridgehead atoms. The van der Waals surface area contributed by atoms with E-state index in [0.717, 1.165) is 48.7 Å². The number of carbonyl (C=O) groups is 2. The van der Waals surface area contributed by atoms with Crippen LogP contribution in [-0.4, -0.2) is 43.7 Å². The number of allylic oxidation sites excluding steroid dienone is 1. The van der Waals surface area contributed by atoms with Crippen LogP contribution in [0.3, 0.4) is 0 Å². The second kappa shape index (κ2) is 17.3. The summed E-state index contributed by atoms with van der Waals surface area (Å²) in [5.41, 5.74) is 10.3. The van der Waals surface area contributed by atoms with Crippen LogP contribution in [-0.2, 0) is 14.3 Å². The van der Waals surface area contributed by atoms with Crippen LogP contribution in [0.15, 0.2) is 34.5 Å². The van der Waals surface area contributed by atoms with Crippen molar-refractivity contribution in [3.8, 4) is 0 Å². The molecule has 1 aromatic carbocycles. The number of anilines is 1. The molecule has 3 rings (SSSR count). The summed E-state index contributed by atoms with van der Waals surface area (Å²) in [6, 6.07) is 6.14. The molecule has 214 valence electrons. The normalized spacial score (nSPS) is 20.3. The molecule has 0 spiro atoms. The fourth-order valence-corrected chi connectivity index (χ4v) is 4.78. The molecule has 0 amide bonds. The van der Waals surface area contributed by atoms with E-state index in [1.165, 1.54) is 24.1 Å². The van der Waals surface area contributed by atoms with E-state index in [9.17, 15) is 9.59 Å². The molecule has 2 aliphatic rings. The molecular formula is C31H50ClN3O3. The average Bonchev–Trinajstić information content (AvgIpc) is 3.59. The summed E-state index contributed by atoms with van der Waals surface area (Å²) in [5, 5.41) is 0.865. The third-order valence-electron chi connectivity index (χ3n) is 7.00. The van der Waals surface area contributed by atoms with Crippen molar-refractivity contribution in [2.45, 2.75) is 87.5 Å². The number of aliphatic imine (C=N–C) groups is 1. The smallest absolute Gasteiger partial charge is 0.354 e. The zero-order chi connectivity index (χ0) is 28.8. The first-order chi connectivity index (χ1) is 18.2. The number of rotatable bonds is 11. The minimum Gasteiger partial charge on any atom is -0.461 e. The van der Waals surface area contributed by atoms with Gasteiger partial charge in [0.25, 0.3) is 0 Å². The van der Waals surface area contributed by atoms with E-state index in [2.05, 4.69) is 36.7 Å². The maximum atomic E-state index is 11.9. The van der Waals surface area contributed by atoms with Crippen molar-refractivity contribution < 1.29 is 14.3 Å². The lowest BCUT2D eigenvalue weighted by Gasteiger charge is -2.25. The van der Waals surface area contributed by atoms with Crippen molar-refractivity contribution in [3.05, 3.63) is 40.1 Å². The fourth-order valence-electron chi connectivity index (χ4n) is 4.61. The first-order valence-corrected chi connectivity index (χ1v) is 14.8. The fraction of sp³-hybridized carbons (Fsp3) is 0.645. The number of fused-ring (bicyclic) bond motifs is 1. The van der Waals surface area contributed by atoms with Gasteiger partial charge in [-0.2, -0.15) is 0 Å². The summed E-state index contributed by atoms with van der Waals surface area (Å²) < 4.78 is 4.97. The van der Waals surface area contributed by atoms with Gasteiger partial charge in [0.2, 0.25) is 0 Å².